The zero-order chi connectivity index (χ0) is 13.8. The summed E-state index contributed by atoms with van der Waals surface area (Å²) in [6.45, 7) is 2.66. The summed E-state index contributed by atoms with van der Waals surface area (Å²) in [6, 6.07) is 6.02. The van der Waals surface area contributed by atoms with Gasteiger partial charge in [0, 0.05) is 10.5 Å². The first-order valence-electron chi connectivity index (χ1n) is 6.89. The van der Waals surface area contributed by atoms with Crippen molar-refractivity contribution in [2.75, 3.05) is 6.54 Å². The zero-order valence-electron chi connectivity index (χ0n) is 11.7. The van der Waals surface area contributed by atoms with E-state index in [9.17, 15) is 4.79 Å². The van der Waals surface area contributed by atoms with Gasteiger partial charge in [-0.25, -0.2) is 0 Å². The highest BCUT2D eigenvalue weighted by Crippen LogP contribution is 2.25. The minimum Gasteiger partial charge on any atom is -0.349 e. The molecule has 5 heteroatoms. The van der Waals surface area contributed by atoms with Crippen LogP contribution in [0.3, 0.4) is 0 Å². The Bertz CT molecular complexity index is 467. The van der Waals surface area contributed by atoms with Crippen molar-refractivity contribution < 1.29 is 4.79 Å². The van der Waals surface area contributed by atoms with Crippen molar-refractivity contribution in [1.29, 1.82) is 0 Å². The summed E-state index contributed by atoms with van der Waals surface area (Å²) < 4.78 is 0.852. The number of nitrogens with two attached hydrogens (primary N) is 1. The van der Waals surface area contributed by atoms with Crippen molar-refractivity contribution in [2.24, 2.45) is 11.7 Å². The lowest BCUT2D eigenvalue weighted by molar-refractivity contribution is 0.0907. The van der Waals surface area contributed by atoms with E-state index in [0.29, 0.717) is 18.0 Å². The molecular weight excluding hydrogens is 340 g/mol. The maximum absolute atomic E-state index is 12.3. The average Bonchev–Trinajstić information content (AvgIpc) is 2.39. The fraction of sp³-hybridized carbons (Fsp3) is 0.533. The van der Waals surface area contributed by atoms with Crippen LogP contribution in [0.1, 0.15) is 41.6 Å². The van der Waals surface area contributed by atoms with E-state index in [4.69, 9.17) is 5.73 Å². The Morgan fingerprint density at radius 1 is 1.40 bits per heavy atom. The molecule has 0 spiro atoms. The van der Waals surface area contributed by atoms with Crippen molar-refractivity contribution in [2.45, 2.75) is 38.6 Å². The van der Waals surface area contributed by atoms with Crippen molar-refractivity contribution in [3.05, 3.63) is 33.8 Å². The van der Waals surface area contributed by atoms with E-state index in [1.165, 1.54) is 12.8 Å². The highest BCUT2D eigenvalue weighted by atomic mass is 79.9. The van der Waals surface area contributed by atoms with Crippen LogP contribution in [0.25, 0.3) is 0 Å². The van der Waals surface area contributed by atoms with Gasteiger partial charge < -0.3 is 11.1 Å². The van der Waals surface area contributed by atoms with Crippen LogP contribution in [0, 0.1) is 12.8 Å². The highest BCUT2D eigenvalue weighted by Gasteiger charge is 2.26. The number of nitrogens with one attached hydrogen (secondary N) is 1. The fourth-order valence-corrected chi connectivity index (χ4v) is 3.40. The number of carbonyl (C=O) groups is 1. The number of hydrogen-bond donors (Lipinski definition) is 2. The van der Waals surface area contributed by atoms with Crippen LogP contribution in [0.5, 0.6) is 0 Å². The molecule has 1 amide bonds. The van der Waals surface area contributed by atoms with Crippen LogP contribution < -0.4 is 11.1 Å². The third-order valence-electron chi connectivity index (χ3n) is 3.90. The molecule has 1 fully saturated rings. The summed E-state index contributed by atoms with van der Waals surface area (Å²) in [5.41, 5.74) is 7.64. The van der Waals surface area contributed by atoms with Gasteiger partial charge in [0.1, 0.15) is 0 Å². The molecule has 2 unspecified atom stereocenters. The third kappa shape index (κ3) is 4.21. The maximum Gasteiger partial charge on any atom is 0.252 e. The van der Waals surface area contributed by atoms with E-state index >= 15 is 0 Å². The van der Waals surface area contributed by atoms with Crippen LogP contribution in [-0.2, 0) is 0 Å². The van der Waals surface area contributed by atoms with Gasteiger partial charge in [0.15, 0.2) is 0 Å². The first-order valence-corrected chi connectivity index (χ1v) is 7.68. The summed E-state index contributed by atoms with van der Waals surface area (Å²) in [5.74, 6) is 0.416. The Morgan fingerprint density at radius 2 is 2.10 bits per heavy atom. The number of carbonyl (C=O) groups excluding carboxylic acids is 1. The predicted molar refractivity (Wildman–Crippen MR) is 88.4 cm³/mol. The molecule has 1 aliphatic carbocycles. The van der Waals surface area contributed by atoms with E-state index in [1.807, 2.05) is 25.1 Å². The van der Waals surface area contributed by atoms with E-state index in [2.05, 4.69) is 21.2 Å². The fourth-order valence-electron chi connectivity index (χ4n) is 2.73. The molecule has 1 aromatic carbocycles. The van der Waals surface area contributed by atoms with E-state index < -0.39 is 0 Å². The van der Waals surface area contributed by atoms with E-state index in [1.54, 1.807) is 0 Å². The first-order chi connectivity index (χ1) is 9.11. The van der Waals surface area contributed by atoms with Crippen molar-refractivity contribution in [1.82, 2.24) is 5.32 Å². The normalized spacial score (nSPS) is 21.9. The van der Waals surface area contributed by atoms with Gasteiger partial charge in [-0.2, -0.15) is 0 Å². The van der Waals surface area contributed by atoms with Gasteiger partial charge in [0.2, 0.25) is 0 Å². The SMILES string of the molecule is Cc1ccc(C(=O)NC2CCCCC2CN)c(Br)c1.Cl. The van der Waals surface area contributed by atoms with Crippen LogP contribution in [0.2, 0.25) is 0 Å². The number of aryl methyl sites for hydroxylation is 1. The average molecular weight is 362 g/mol. The minimum absolute atomic E-state index is 0. The van der Waals surface area contributed by atoms with Crippen LogP contribution in [0.15, 0.2) is 22.7 Å². The summed E-state index contributed by atoms with van der Waals surface area (Å²) in [7, 11) is 0. The lowest BCUT2D eigenvalue weighted by Gasteiger charge is -2.31. The highest BCUT2D eigenvalue weighted by molar-refractivity contribution is 9.10. The second kappa shape index (κ2) is 8.01. The van der Waals surface area contributed by atoms with Gasteiger partial charge in [-0.3, -0.25) is 4.79 Å². The monoisotopic (exact) mass is 360 g/mol. The molecule has 1 aliphatic rings. The standard InChI is InChI=1S/C15H21BrN2O.ClH/c1-10-6-7-12(13(16)8-10)15(19)18-14-5-3-2-4-11(14)9-17;/h6-8,11,14H,2-5,9,17H2,1H3,(H,18,19);1H. The molecule has 1 saturated carbocycles. The zero-order valence-corrected chi connectivity index (χ0v) is 14.1. The van der Waals surface area contributed by atoms with E-state index in [-0.39, 0.29) is 24.4 Å². The number of amides is 1. The van der Waals surface area contributed by atoms with Crippen LogP contribution in [0.4, 0.5) is 0 Å². The van der Waals surface area contributed by atoms with Crippen LogP contribution in [-0.4, -0.2) is 18.5 Å². The minimum atomic E-state index is -0.00257. The van der Waals surface area contributed by atoms with Gasteiger partial charge >= 0.3 is 0 Å². The molecule has 20 heavy (non-hydrogen) atoms. The second-order valence-electron chi connectivity index (χ2n) is 5.34. The lowest BCUT2D eigenvalue weighted by atomic mass is 9.84. The molecule has 1 aromatic rings. The Hall–Kier alpha value is -0.580. The van der Waals surface area contributed by atoms with Crippen molar-refractivity contribution >= 4 is 34.2 Å². The summed E-state index contributed by atoms with van der Waals surface area (Å²) in [5, 5.41) is 3.15. The topological polar surface area (TPSA) is 55.1 Å². The maximum atomic E-state index is 12.3. The quantitative estimate of drug-likeness (QED) is 0.866. The summed E-state index contributed by atoms with van der Waals surface area (Å²) in [4.78, 5) is 12.3. The van der Waals surface area contributed by atoms with Gasteiger partial charge in [-0.15, -0.1) is 12.4 Å². The third-order valence-corrected chi connectivity index (χ3v) is 4.55. The van der Waals surface area contributed by atoms with Crippen molar-refractivity contribution in [3.63, 3.8) is 0 Å². The smallest absolute Gasteiger partial charge is 0.252 e. The molecule has 0 saturated heterocycles. The van der Waals surface area contributed by atoms with Gasteiger partial charge in [0.05, 0.1) is 5.56 Å². The van der Waals surface area contributed by atoms with E-state index in [0.717, 1.165) is 22.9 Å². The second-order valence-corrected chi connectivity index (χ2v) is 6.20. The molecule has 112 valence electrons. The molecule has 2 rings (SSSR count). The molecule has 2 atom stereocenters. The summed E-state index contributed by atoms with van der Waals surface area (Å²) in [6.07, 6.45) is 4.56. The molecule has 0 aliphatic heterocycles. The van der Waals surface area contributed by atoms with Gasteiger partial charge in [0.25, 0.3) is 5.91 Å². The van der Waals surface area contributed by atoms with Crippen LogP contribution >= 0.6 is 28.3 Å². The molecule has 0 bridgehead atoms. The number of hydrogen-bond acceptors (Lipinski definition) is 2. The predicted octanol–water partition coefficient (Wildman–Crippen LogP) is 3.43. The first kappa shape index (κ1) is 17.5. The van der Waals surface area contributed by atoms with Crippen molar-refractivity contribution in [3.8, 4) is 0 Å². The Morgan fingerprint density at radius 3 is 2.75 bits per heavy atom. The molecule has 3 N–H and O–H groups in total. The van der Waals surface area contributed by atoms with Gasteiger partial charge in [-0.1, -0.05) is 18.9 Å². The summed E-state index contributed by atoms with van der Waals surface area (Å²) >= 11 is 3.46. The number of halogens is 2. The Balaban J connectivity index is 0.00000200. The number of rotatable bonds is 3. The molecule has 3 nitrogen and oxygen atoms in total. The Labute approximate surface area is 135 Å². The molecule has 0 aromatic heterocycles. The largest absolute Gasteiger partial charge is 0.349 e. The molecule has 0 heterocycles. The molecule has 0 radical (unpaired) electrons. The number of benzene rings is 1. The lowest BCUT2D eigenvalue weighted by Crippen LogP contribution is -2.44. The Kier molecular flexibility index (Phi) is 7.00. The van der Waals surface area contributed by atoms with Gasteiger partial charge in [-0.05, 0) is 65.9 Å². The molecular formula is C15H22BrClN2O.